The van der Waals surface area contributed by atoms with E-state index in [2.05, 4.69) is 40.5 Å². The fourth-order valence-electron chi connectivity index (χ4n) is 4.01. The van der Waals surface area contributed by atoms with Gasteiger partial charge in [0.05, 0.1) is 6.61 Å². The molecule has 1 aliphatic heterocycles. The highest BCUT2D eigenvalue weighted by Gasteiger charge is 2.31. The third kappa shape index (κ3) is 5.06. The SMILES string of the molecule is CCOc1cc([C@H](CC2CC2)N2CCNCC2)ccc1OCc1ccccc1. The Labute approximate surface area is 168 Å². The van der Waals surface area contributed by atoms with E-state index in [1.807, 2.05) is 25.1 Å². The predicted octanol–water partition coefficient (Wildman–Crippen LogP) is 4.41. The van der Waals surface area contributed by atoms with E-state index < -0.39 is 0 Å². The number of benzene rings is 2. The zero-order valence-electron chi connectivity index (χ0n) is 16.9. The van der Waals surface area contributed by atoms with E-state index >= 15 is 0 Å². The minimum Gasteiger partial charge on any atom is -0.490 e. The van der Waals surface area contributed by atoms with Crippen molar-refractivity contribution in [2.45, 2.75) is 38.8 Å². The molecular weight excluding hydrogens is 348 g/mol. The lowest BCUT2D eigenvalue weighted by Gasteiger charge is -2.35. The summed E-state index contributed by atoms with van der Waals surface area (Å²) in [5.74, 6) is 2.59. The maximum atomic E-state index is 6.10. The first kappa shape index (κ1) is 19.3. The quantitative estimate of drug-likeness (QED) is 0.699. The average molecular weight is 381 g/mol. The fourth-order valence-corrected chi connectivity index (χ4v) is 4.01. The highest BCUT2D eigenvalue weighted by Crippen LogP contribution is 2.42. The Hall–Kier alpha value is -2.04. The molecule has 2 aromatic rings. The first-order valence-corrected chi connectivity index (χ1v) is 10.7. The molecule has 2 aliphatic rings. The van der Waals surface area contributed by atoms with Crippen molar-refractivity contribution in [1.29, 1.82) is 0 Å². The highest BCUT2D eigenvalue weighted by atomic mass is 16.5. The van der Waals surface area contributed by atoms with Gasteiger partial charge in [-0.3, -0.25) is 4.90 Å². The third-order valence-corrected chi connectivity index (χ3v) is 5.74. The van der Waals surface area contributed by atoms with Gasteiger partial charge in [-0.1, -0.05) is 49.2 Å². The van der Waals surface area contributed by atoms with E-state index in [1.54, 1.807) is 0 Å². The Morgan fingerprint density at radius 3 is 2.50 bits per heavy atom. The summed E-state index contributed by atoms with van der Waals surface area (Å²) in [6, 6.07) is 17.3. The lowest BCUT2D eigenvalue weighted by Crippen LogP contribution is -2.45. The maximum absolute atomic E-state index is 6.10. The second-order valence-electron chi connectivity index (χ2n) is 7.89. The summed E-state index contributed by atoms with van der Waals surface area (Å²) in [5, 5.41) is 3.48. The molecular formula is C24H32N2O2. The molecule has 2 fully saturated rings. The normalized spacial score (nSPS) is 18.6. The van der Waals surface area contributed by atoms with Crippen LogP contribution in [0.25, 0.3) is 0 Å². The van der Waals surface area contributed by atoms with Gasteiger partial charge < -0.3 is 14.8 Å². The molecule has 1 heterocycles. The first-order chi connectivity index (χ1) is 13.8. The molecule has 150 valence electrons. The van der Waals surface area contributed by atoms with Crippen LogP contribution in [-0.4, -0.2) is 37.7 Å². The standard InChI is InChI=1S/C24H32N2O2/c1-2-27-24-17-21(10-11-23(24)28-18-20-6-4-3-5-7-20)22(16-19-8-9-19)26-14-12-25-13-15-26/h3-7,10-11,17,19,22,25H,2,8-9,12-16,18H2,1H3/t22-/m0/s1. The number of nitrogens with one attached hydrogen (secondary N) is 1. The zero-order valence-corrected chi connectivity index (χ0v) is 16.9. The van der Waals surface area contributed by atoms with Gasteiger partial charge in [-0.25, -0.2) is 0 Å². The Bertz CT molecular complexity index is 740. The zero-order chi connectivity index (χ0) is 19.2. The van der Waals surface area contributed by atoms with Crippen LogP contribution in [0.4, 0.5) is 0 Å². The smallest absolute Gasteiger partial charge is 0.161 e. The number of hydrogen-bond donors (Lipinski definition) is 1. The molecule has 1 N–H and O–H groups in total. The molecule has 0 aromatic heterocycles. The Morgan fingerprint density at radius 1 is 1.00 bits per heavy atom. The molecule has 0 radical (unpaired) electrons. The number of rotatable bonds is 9. The lowest BCUT2D eigenvalue weighted by atomic mass is 9.98. The van der Waals surface area contributed by atoms with Crippen LogP contribution in [0, 0.1) is 5.92 Å². The van der Waals surface area contributed by atoms with Gasteiger partial charge in [-0.05, 0) is 42.5 Å². The Balaban J connectivity index is 1.52. The van der Waals surface area contributed by atoms with Crippen molar-refractivity contribution in [3.05, 3.63) is 59.7 Å². The summed E-state index contributed by atoms with van der Waals surface area (Å²) in [7, 11) is 0. The van der Waals surface area contributed by atoms with Crippen molar-refractivity contribution in [3.63, 3.8) is 0 Å². The van der Waals surface area contributed by atoms with E-state index in [9.17, 15) is 0 Å². The van der Waals surface area contributed by atoms with Crippen LogP contribution >= 0.6 is 0 Å². The summed E-state index contributed by atoms with van der Waals surface area (Å²) < 4.78 is 12.1. The van der Waals surface area contributed by atoms with Gasteiger partial charge in [0, 0.05) is 32.2 Å². The van der Waals surface area contributed by atoms with E-state index in [-0.39, 0.29) is 0 Å². The minimum atomic E-state index is 0.483. The van der Waals surface area contributed by atoms with Gasteiger partial charge in [-0.2, -0.15) is 0 Å². The van der Waals surface area contributed by atoms with Crippen LogP contribution in [0.1, 0.15) is 43.4 Å². The summed E-state index contributed by atoms with van der Waals surface area (Å²) in [6.45, 7) is 7.64. The van der Waals surface area contributed by atoms with Crippen LogP contribution in [0.2, 0.25) is 0 Å². The molecule has 0 amide bonds. The highest BCUT2D eigenvalue weighted by molar-refractivity contribution is 5.44. The number of ether oxygens (including phenoxy) is 2. The molecule has 1 saturated carbocycles. The van der Waals surface area contributed by atoms with Crippen LogP contribution in [0.15, 0.2) is 48.5 Å². The van der Waals surface area contributed by atoms with Crippen molar-refractivity contribution in [1.82, 2.24) is 10.2 Å². The number of hydrogen-bond acceptors (Lipinski definition) is 4. The van der Waals surface area contributed by atoms with Gasteiger partial charge in [0.1, 0.15) is 6.61 Å². The predicted molar refractivity (Wildman–Crippen MR) is 113 cm³/mol. The topological polar surface area (TPSA) is 33.7 Å². The molecule has 1 aliphatic carbocycles. The van der Waals surface area contributed by atoms with Crippen molar-refractivity contribution >= 4 is 0 Å². The van der Waals surface area contributed by atoms with E-state index in [4.69, 9.17) is 9.47 Å². The average Bonchev–Trinajstić information content (AvgIpc) is 3.57. The second-order valence-corrected chi connectivity index (χ2v) is 7.89. The Kier molecular flexibility index (Phi) is 6.50. The van der Waals surface area contributed by atoms with Crippen molar-refractivity contribution in [2.75, 3.05) is 32.8 Å². The molecule has 4 rings (SSSR count). The molecule has 2 aromatic carbocycles. The fraction of sp³-hybridized carbons (Fsp3) is 0.500. The van der Waals surface area contributed by atoms with Crippen LogP contribution in [0.5, 0.6) is 11.5 Å². The summed E-state index contributed by atoms with van der Waals surface area (Å²) in [4.78, 5) is 2.64. The third-order valence-electron chi connectivity index (χ3n) is 5.74. The number of piperazine rings is 1. The van der Waals surface area contributed by atoms with Crippen molar-refractivity contribution in [2.24, 2.45) is 5.92 Å². The lowest BCUT2D eigenvalue weighted by molar-refractivity contribution is 0.160. The van der Waals surface area contributed by atoms with Gasteiger partial charge in [0.15, 0.2) is 11.5 Å². The van der Waals surface area contributed by atoms with Gasteiger partial charge in [0.2, 0.25) is 0 Å². The molecule has 28 heavy (non-hydrogen) atoms. The molecule has 4 nitrogen and oxygen atoms in total. The molecule has 0 unspecified atom stereocenters. The van der Waals surface area contributed by atoms with E-state index in [0.29, 0.717) is 19.3 Å². The summed E-state index contributed by atoms with van der Waals surface area (Å²) in [5.41, 5.74) is 2.53. The second kappa shape index (κ2) is 9.44. The molecule has 1 atom stereocenters. The monoisotopic (exact) mass is 380 g/mol. The largest absolute Gasteiger partial charge is 0.490 e. The summed E-state index contributed by atoms with van der Waals surface area (Å²) >= 11 is 0. The molecule has 1 saturated heterocycles. The van der Waals surface area contributed by atoms with Crippen molar-refractivity contribution < 1.29 is 9.47 Å². The Morgan fingerprint density at radius 2 is 1.79 bits per heavy atom. The maximum Gasteiger partial charge on any atom is 0.161 e. The van der Waals surface area contributed by atoms with Gasteiger partial charge in [-0.15, -0.1) is 0 Å². The van der Waals surface area contributed by atoms with Crippen LogP contribution in [0.3, 0.4) is 0 Å². The van der Waals surface area contributed by atoms with Crippen LogP contribution < -0.4 is 14.8 Å². The van der Waals surface area contributed by atoms with E-state index in [1.165, 1.54) is 30.4 Å². The number of nitrogens with zero attached hydrogens (tertiary/aromatic N) is 1. The first-order valence-electron chi connectivity index (χ1n) is 10.7. The summed E-state index contributed by atoms with van der Waals surface area (Å²) in [6.07, 6.45) is 4.04. The molecule has 0 spiro atoms. The molecule has 0 bridgehead atoms. The van der Waals surface area contributed by atoms with E-state index in [0.717, 1.165) is 43.6 Å². The van der Waals surface area contributed by atoms with Crippen molar-refractivity contribution in [3.8, 4) is 11.5 Å². The van der Waals surface area contributed by atoms with Gasteiger partial charge in [0.25, 0.3) is 0 Å². The van der Waals surface area contributed by atoms with Gasteiger partial charge >= 0.3 is 0 Å². The van der Waals surface area contributed by atoms with Crippen LogP contribution in [-0.2, 0) is 6.61 Å². The molecule has 4 heteroatoms. The minimum absolute atomic E-state index is 0.483.